The third-order valence-electron chi connectivity index (χ3n) is 4.62. The number of rotatable bonds is 3. The summed E-state index contributed by atoms with van der Waals surface area (Å²) in [6, 6.07) is 0.481. The van der Waals surface area contributed by atoms with Crippen LogP contribution in [-0.4, -0.2) is 31.1 Å². The fraction of sp³-hybridized carbons (Fsp3) is 0.769. The van der Waals surface area contributed by atoms with Gasteiger partial charge in [-0.15, -0.1) is 0 Å². The molecule has 5 nitrogen and oxygen atoms in total. The number of hydrogen-bond acceptors (Lipinski definition) is 6. The van der Waals surface area contributed by atoms with E-state index in [9.17, 15) is 8.42 Å². The van der Waals surface area contributed by atoms with Crippen molar-refractivity contribution in [2.75, 3.05) is 22.9 Å². The van der Waals surface area contributed by atoms with Crippen LogP contribution in [0.15, 0.2) is 4.90 Å². The summed E-state index contributed by atoms with van der Waals surface area (Å²) >= 11 is 1.24. The van der Waals surface area contributed by atoms with E-state index in [4.69, 9.17) is 5.73 Å². The van der Waals surface area contributed by atoms with Crippen LogP contribution >= 0.6 is 11.5 Å². The van der Waals surface area contributed by atoms with Crippen LogP contribution in [0.25, 0.3) is 0 Å². The van der Waals surface area contributed by atoms with Crippen molar-refractivity contribution in [3.05, 3.63) is 0 Å². The maximum Gasteiger partial charge on any atom is 0.184 e. The zero-order valence-corrected chi connectivity index (χ0v) is 13.3. The monoisotopic (exact) mass is 315 g/mol. The van der Waals surface area contributed by atoms with Gasteiger partial charge < -0.3 is 10.6 Å². The average Bonchev–Trinajstić information content (AvgIpc) is 3.02. The Bertz CT molecular complexity index is 597. The molecular formula is C13H21N3O2S2. The number of nitrogens with zero attached hydrogens (tertiary/aromatic N) is 2. The smallest absolute Gasteiger partial charge is 0.184 e. The Hall–Kier alpha value is -0.820. The van der Waals surface area contributed by atoms with Crippen molar-refractivity contribution in [2.24, 2.45) is 5.92 Å². The van der Waals surface area contributed by atoms with Crippen LogP contribution in [0.3, 0.4) is 0 Å². The van der Waals surface area contributed by atoms with Crippen molar-refractivity contribution < 1.29 is 8.42 Å². The summed E-state index contributed by atoms with van der Waals surface area (Å²) in [5, 5.41) is 0.777. The van der Waals surface area contributed by atoms with Crippen LogP contribution in [0.4, 0.5) is 10.8 Å². The summed E-state index contributed by atoms with van der Waals surface area (Å²) in [5.74, 6) is 0.959. The fourth-order valence-electron chi connectivity index (χ4n) is 3.56. The largest absolute Gasteiger partial charge is 0.382 e. The molecule has 1 aliphatic heterocycles. The molecule has 0 bridgehead atoms. The van der Waals surface area contributed by atoms with Gasteiger partial charge in [0.25, 0.3) is 0 Å². The lowest BCUT2D eigenvalue weighted by Crippen LogP contribution is -2.35. The van der Waals surface area contributed by atoms with E-state index in [1.165, 1.54) is 30.8 Å². The molecule has 2 fully saturated rings. The van der Waals surface area contributed by atoms with Gasteiger partial charge in [-0.1, -0.05) is 19.8 Å². The van der Waals surface area contributed by atoms with E-state index < -0.39 is 9.84 Å². The summed E-state index contributed by atoms with van der Waals surface area (Å²) < 4.78 is 28.7. The Morgan fingerprint density at radius 2 is 2.10 bits per heavy atom. The number of sulfone groups is 1. The van der Waals surface area contributed by atoms with Crippen molar-refractivity contribution in [3.8, 4) is 0 Å². The molecule has 0 spiro atoms. The lowest BCUT2D eigenvalue weighted by atomic mass is 9.85. The fourth-order valence-corrected chi connectivity index (χ4v) is 5.94. The Kier molecular flexibility index (Phi) is 3.66. The van der Waals surface area contributed by atoms with Crippen LogP contribution < -0.4 is 10.6 Å². The van der Waals surface area contributed by atoms with Gasteiger partial charge in [0, 0.05) is 12.6 Å². The van der Waals surface area contributed by atoms with Gasteiger partial charge in [0.1, 0.15) is 9.90 Å². The molecule has 0 amide bonds. The predicted molar refractivity (Wildman–Crippen MR) is 82.0 cm³/mol. The number of anilines is 2. The minimum absolute atomic E-state index is 0.0740. The Morgan fingerprint density at radius 1 is 1.35 bits per heavy atom. The molecule has 20 heavy (non-hydrogen) atoms. The van der Waals surface area contributed by atoms with Crippen molar-refractivity contribution in [1.29, 1.82) is 0 Å². The van der Waals surface area contributed by atoms with Gasteiger partial charge >= 0.3 is 0 Å². The highest BCUT2D eigenvalue weighted by Crippen LogP contribution is 2.44. The number of nitrogen functional groups attached to an aromatic ring is 1. The van der Waals surface area contributed by atoms with Crippen LogP contribution in [0.5, 0.6) is 0 Å². The van der Waals surface area contributed by atoms with Crippen LogP contribution in [0.2, 0.25) is 0 Å². The zero-order valence-electron chi connectivity index (χ0n) is 11.7. The summed E-state index contributed by atoms with van der Waals surface area (Å²) in [7, 11) is -3.31. The second-order valence-electron chi connectivity index (χ2n) is 5.70. The third-order valence-corrected chi connectivity index (χ3v) is 7.43. The summed E-state index contributed by atoms with van der Waals surface area (Å²) in [4.78, 5) is 2.54. The van der Waals surface area contributed by atoms with Gasteiger partial charge in [0.05, 0.1) is 5.75 Å². The zero-order chi connectivity index (χ0) is 14.3. The molecule has 0 aromatic carbocycles. The topological polar surface area (TPSA) is 76.3 Å². The van der Waals surface area contributed by atoms with Crippen LogP contribution in [0.1, 0.15) is 39.0 Å². The molecule has 2 atom stereocenters. The highest BCUT2D eigenvalue weighted by molar-refractivity contribution is 7.91. The predicted octanol–water partition coefficient (Wildman–Crippen LogP) is 2.29. The van der Waals surface area contributed by atoms with Gasteiger partial charge in [-0.05, 0) is 36.7 Å². The molecule has 2 unspecified atom stereocenters. The maximum absolute atomic E-state index is 12.3. The van der Waals surface area contributed by atoms with Crippen LogP contribution in [0, 0.1) is 5.92 Å². The first kappa shape index (κ1) is 14.1. The van der Waals surface area contributed by atoms with E-state index in [-0.39, 0.29) is 16.5 Å². The molecule has 1 saturated carbocycles. The Balaban J connectivity index is 1.99. The van der Waals surface area contributed by atoms with Gasteiger partial charge in [-0.25, -0.2) is 8.42 Å². The summed E-state index contributed by atoms with van der Waals surface area (Å²) in [6.07, 6.45) is 6.13. The lowest BCUT2D eigenvalue weighted by Gasteiger charge is -2.32. The molecule has 112 valence electrons. The Morgan fingerprint density at radius 3 is 2.85 bits per heavy atom. The van der Waals surface area contributed by atoms with E-state index in [0.29, 0.717) is 12.0 Å². The molecule has 1 aliphatic carbocycles. The van der Waals surface area contributed by atoms with Gasteiger partial charge in [-0.3, -0.25) is 0 Å². The molecule has 1 aromatic rings. The van der Waals surface area contributed by atoms with Gasteiger partial charge in [-0.2, -0.15) is 4.37 Å². The molecule has 0 radical (unpaired) electrons. The highest BCUT2D eigenvalue weighted by atomic mass is 32.2. The summed E-state index contributed by atoms with van der Waals surface area (Å²) in [5.41, 5.74) is 5.83. The standard InChI is InChI=1S/C13H21N3O2S2/c1-2-20(17,18)11-12(14)15-19-13(11)16-8-7-9-5-3-4-6-10(9)16/h9-10H,2-8H2,1H3,(H2,14,15). The average molecular weight is 315 g/mol. The SMILES string of the molecule is CCS(=O)(=O)c1c(N)nsc1N1CCC2CCCCC21. The van der Waals surface area contributed by atoms with Gasteiger partial charge in [0.15, 0.2) is 15.7 Å². The molecule has 7 heteroatoms. The van der Waals surface area contributed by atoms with E-state index >= 15 is 0 Å². The third kappa shape index (κ3) is 2.20. The maximum atomic E-state index is 12.3. The highest BCUT2D eigenvalue weighted by Gasteiger charge is 2.39. The molecule has 3 rings (SSSR count). The van der Waals surface area contributed by atoms with E-state index in [1.807, 2.05) is 0 Å². The molecule has 2 aliphatic rings. The van der Waals surface area contributed by atoms with Crippen molar-refractivity contribution in [1.82, 2.24) is 4.37 Å². The molecule has 2 N–H and O–H groups in total. The van der Waals surface area contributed by atoms with E-state index in [2.05, 4.69) is 9.27 Å². The van der Waals surface area contributed by atoms with E-state index in [0.717, 1.165) is 24.4 Å². The molecule has 1 aromatic heterocycles. The van der Waals surface area contributed by atoms with Crippen molar-refractivity contribution in [2.45, 2.75) is 50.0 Å². The van der Waals surface area contributed by atoms with Gasteiger partial charge in [0.2, 0.25) is 0 Å². The van der Waals surface area contributed by atoms with Crippen molar-refractivity contribution >= 4 is 32.2 Å². The first-order valence-electron chi connectivity index (χ1n) is 7.29. The normalized spacial score (nSPS) is 26.8. The van der Waals surface area contributed by atoms with Crippen molar-refractivity contribution in [3.63, 3.8) is 0 Å². The number of hydrogen-bond donors (Lipinski definition) is 1. The Labute approximate surface area is 124 Å². The molecule has 1 saturated heterocycles. The minimum atomic E-state index is -3.31. The second-order valence-corrected chi connectivity index (χ2v) is 8.67. The number of fused-ring (bicyclic) bond motifs is 1. The number of nitrogens with two attached hydrogens (primary N) is 1. The molecule has 2 heterocycles. The molecular weight excluding hydrogens is 294 g/mol. The number of aromatic nitrogens is 1. The second kappa shape index (κ2) is 5.18. The van der Waals surface area contributed by atoms with E-state index in [1.54, 1.807) is 6.92 Å². The first-order valence-corrected chi connectivity index (χ1v) is 9.71. The van der Waals surface area contributed by atoms with Crippen LogP contribution in [-0.2, 0) is 9.84 Å². The lowest BCUT2D eigenvalue weighted by molar-refractivity contribution is 0.342. The summed E-state index contributed by atoms with van der Waals surface area (Å²) in [6.45, 7) is 2.59. The quantitative estimate of drug-likeness (QED) is 0.926. The first-order chi connectivity index (χ1) is 9.54. The minimum Gasteiger partial charge on any atom is -0.382 e.